The van der Waals surface area contributed by atoms with Crippen molar-refractivity contribution in [2.45, 2.75) is 11.8 Å². The molecule has 0 unspecified atom stereocenters. The summed E-state index contributed by atoms with van der Waals surface area (Å²) >= 11 is 7.36. The molecule has 2 aromatic carbocycles. The number of carbonyl (C=O) groups is 1. The quantitative estimate of drug-likeness (QED) is 0.588. The number of ether oxygens (including phenoxy) is 1. The molecule has 0 aliphatic carbocycles. The van der Waals surface area contributed by atoms with E-state index in [1.807, 2.05) is 6.92 Å². The molecule has 1 aromatic heterocycles. The molecule has 0 radical (unpaired) electrons. The highest BCUT2D eigenvalue weighted by atomic mass is 35.5. The van der Waals surface area contributed by atoms with E-state index in [0.717, 1.165) is 5.56 Å². The van der Waals surface area contributed by atoms with Crippen molar-refractivity contribution in [2.24, 2.45) is 0 Å². The fourth-order valence-corrected chi connectivity index (χ4v) is 4.58. The molecule has 0 spiro atoms. The van der Waals surface area contributed by atoms with Crippen LogP contribution in [0, 0.1) is 6.92 Å². The molecule has 3 aromatic rings. The Bertz CT molecular complexity index is 1100. The SMILES string of the molecule is COc1ccc(Cl)c2sc(NNC(=O)CS(=O)(=O)c3ccc(C)cc3)nc12. The maximum absolute atomic E-state index is 12.3. The molecule has 0 bridgehead atoms. The highest BCUT2D eigenvalue weighted by molar-refractivity contribution is 7.92. The molecule has 7 nitrogen and oxygen atoms in total. The molecule has 1 heterocycles. The van der Waals surface area contributed by atoms with E-state index in [4.69, 9.17) is 16.3 Å². The number of nitrogens with one attached hydrogen (secondary N) is 2. The summed E-state index contributed by atoms with van der Waals surface area (Å²) < 4.78 is 30.5. The number of thiazole rings is 1. The second-order valence-electron chi connectivity index (χ2n) is 5.69. The van der Waals surface area contributed by atoms with E-state index in [2.05, 4.69) is 15.8 Å². The Morgan fingerprint density at radius 3 is 2.59 bits per heavy atom. The molecule has 27 heavy (non-hydrogen) atoms. The Morgan fingerprint density at radius 2 is 1.93 bits per heavy atom. The minimum atomic E-state index is -3.73. The molecule has 0 aliphatic heterocycles. The predicted octanol–water partition coefficient (Wildman–Crippen LogP) is 3.18. The van der Waals surface area contributed by atoms with Crippen molar-refractivity contribution in [1.29, 1.82) is 0 Å². The number of aromatic nitrogens is 1. The summed E-state index contributed by atoms with van der Waals surface area (Å²) in [5, 5.41) is 0.863. The minimum absolute atomic E-state index is 0.0970. The summed E-state index contributed by atoms with van der Waals surface area (Å²) in [4.78, 5) is 16.5. The van der Waals surface area contributed by atoms with Crippen LogP contribution in [0.3, 0.4) is 0 Å². The number of nitrogens with zero attached hydrogens (tertiary/aromatic N) is 1. The highest BCUT2D eigenvalue weighted by Gasteiger charge is 2.19. The third-order valence-electron chi connectivity index (χ3n) is 3.69. The van der Waals surface area contributed by atoms with Crippen LogP contribution in [0.4, 0.5) is 5.13 Å². The lowest BCUT2D eigenvalue weighted by atomic mass is 10.2. The van der Waals surface area contributed by atoms with Gasteiger partial charge >= 0.3 is 0 Å². The van der Waals surface area contributed by atoms with Crippen molar-refractivity contribution in [1.82, 2.24) is 10.4 Å². The first kappa shape index (κ1) is 19.4. The fourth-order valence-electron chi connectivity index (χ4n) is 2.33. The van der Waals surface area contributed by atoms with E-state index in [0.29, 0.717) is 26.1 Å². The van der Waals surface area contributed by atoms with Gasteiger partial charge in [-0.05, 0) is 31.2 Å². The van der Waals surface area contributed by atoms with Gasteiger partial charge in [-0.15, -0.1) is 0 Å². The number of hydrazine groups is 1. The Hall–Kier alpha value is -2.36. The van der Waals surface area contributed by atoms with Crippen LogP contribution in [0.5, 0.6) is 5.75 Å². The summed E-state index contributed by atoms with van der Waals surface area (Å²) in [6, 6.07) is 9.71. The zero-order valence-corrected chi connectivity index (χ0v) is 16.8. The largest absolute Gasteiger partial charge is 0.494 e. The summed E-state index contributed by atoms with van der Waals surface area (Å²) in [5.74, 6) is -0.835. The van der Waals surface area contributed by atoms with Gasteiger partial charge in [-0.25, -0.2) is 13.4 Å². The molecule has 0 aliphatic rings. The van der Waals surface area contributed by atoms with Crippen molar-refractivity contribution in [3.8, 4) is 5.75 Å². The number of aryl methyl sites for hydroxylation is 1. The van der Waals surface area contributed by atoms with Crippen molar-refractivity contribution >= 4 is 54.0 Å². The third-order valence-corrected chi connectivity index (χ3v) is 6.75. The predicted molar refractivity (Wildman–Crippen MR) is 106 cm³/mol. The molecule has 10 heteroatoms. The van der Waals surface area contributed by atoms with Crippen molar-refractivity contribution < 1.29 is 17.9 Å². The van der Waals surface area contributed by atoms with Crippen LogP contribution < -0.4 is 15.6 Å². The van der Waals surface area contributed by atoms with Gasteiger partial charge in [0.2, 0.25) is 5.13 Å². The number of fused-ring (bicyclic) bond motifs is 1. The molecule has 0 atom stereocenters. The van der Waals surface area contributed by atoms with Crippen LogP contribution in [-0.2, 0) is 14.6 Å². The Labute approximate surface area is 165 Å². The van der Waals surface area contributed by atoms with E-state index < -0.39 is 21.5 Å². The van der Waals surface area contributed by atoms with Crippen LogP contribution in [0.1, 0.15) is 5.56 Å². The van der Waals surface area contributed by atoms with E-state index in [1.165, 1.54) is 30.6 Å². The second-order valence-corrected chi connectivity index (χ2v) is 9.09. The second kappa shape index (κ2) is 7.71. The average molecular weight is 426 g/mol. The van der Waals surface area contributed by atoms with E-state index >= 15 is 0 Å². The van der Waals surface area contributed by atoms with Gasteiger partial charge in [0.1, 0.15) is 17.0 Å². The van der Waals surface area contributed by atoms with Crippen LogP contribution in [0.15, 0.2) is 41.3 Å². The first-order valence-electron chi connectivity index (χ1n) is 7.77. The maximum atomic E-state index is 12.3. The van der Waals surface area contributed by atoms with Gasteiger partial charge in [-0.1, -0.05) is 40.6 Å². The third kappa shape index (κ3) is 4.32. The van der Waals surface area contributed by atoms with Crippen LogP contribution >= 0.6 is 22.9 Å². The first-order valence-corrected chi connectivity index (χ1v) is 10.6. The first-order chi connectivity index (χ1) is 12.8. The van der Waals surface area contributed by atoms with E-state index in [9.17, 15) is 13.2 Å². The van der Waals surface area contributed by atoms with Crippen molar-refractivity contribution in [3.05, 3.63) is 47.0 Å². The number of methoxy groups -OCH3 is 1. The monoisotopic (exact) mass is 425 g/mol. The average Bonchev–Trinajstić information content (AvgIpc) is 3.06. The molecular weight excluding hydrogens is 410 g/mol. The Balaban J connectivity index is 1.69. The number of anilines is 1. The smallest absolute Gasteiger partial charge is 0.253 e. The molecule has 142 valence electrons. The van der Waals surface area contributed by atoms with E-state index in [1.54, 1.807) is 24.3 Å². The van der Waals surface area contributed by atoms with Gasteiger partial charge in [0.25, 0.3) is 5.91 Å². The lowest BCUT2D eigenvalue weighted by Crippen LogP contribution is -2.34. The number of hydrogen-bond donors (Lipinski definition) is 2. The molecule has 1 amide bonds. The topological polar surface area (TPSA) is 97.4 Å². The standard InChI is InChI=1S/C17H16ClN3O4S2/c1-10-3-5-11(6-4-10)27(23,24)9-14(22)20-21-17-19-15-13(25-2)8-7-12(18)16(15)26-17/h3-8H,9H2,1-2H3,(H,19,21)(H,20,22). The molecular formula is C17H16ClN3O4S2. The van der Waals surface area contributed by atoms with Gasteiger partial charge < -0.3 is 4.74 Å². The van der Waals surface area contributed by atoms with Gasteiger partial charge in [-0.3, -0.25) is 15.6 Å². The van der Waals surface area contributed by atoms with Gasteiger partial charge in [-0.2, -0.15) is 0 Å². The zero-order valence-electron chi connectivity index (χ0n) is 14.4. The van der Waals surface area contributed by atoms with Crippen LogP contribution in [0.25, 0.3) is 10.2 Å². The fraction of sp³-hybridized carbons (Fsp3) is 0.176. The molecule has 3 rings (SSSR count). The number of halogens is 1. The van der Waals surface area contributed by atoms with E-state index in [-0.39, 0.29) is 4.90 Å². The van der Waals surface area contributed by atoms with Gasteiger partial charge in [0, 0.05) is 0 Å². The molecule has 0 saturated carbocycles. The number of amides is 1. The summed E-state index contributed by atoms with van der Waals surface area (Å²) in [6.45, 7) is 1.85. The highest BCUT2D eigenvalue weighted by Crippen LogP contribution is 2.37. The minimum Gasteiger partial charge on any atom is -0.494 e. The molecule has 2 N–H and O–H groups in total. The van der Waals surface area contributed by atoms with Crippen LogP contribution in [0.2, 0.25) is 5.02 Å². The number of carbonyl (C=O) groups excluding carboxylic acids is 1. The summed E-state index contributed by atoms with van der Waals surface area (Å²) in [7, 11) is -2.21. The normalized spacial score (nSPS) is 11.4. The van der Waals surface area contributed by atoms with Crippen molar-refractivity contribution in [3.63, 3.8) is 0 Å². The van der Waals surface area contributed by atoms with Gasteiger partial charge in [0.05, 0.1) is 21.7 Å². The number of benzene rings is 2. The maximum Gasteiger partial charge on any atom is 0.253 e. The lowest BCUT2D eigenvalue weighted by molar-refractivity contribution is -0.118. The molecule has 0 saturated heterocycles. The lowest BCUT2D eigenvalue weighted by Gasteiger charge is -2.07. The number of sulfone groups is 1. The zero-order chi connectivity index (χ0) is 19.6. The number of hydrogen-bond acceptors (Lipinski definition) is 7. The summed E-state index contributed by atoms with van der Waals surface area (Å²) in [5.41, 5.74) is 6.46. The van der Waals surface area contributed by atoms with Crippen LogP contribution in [-0.4, -0.2) is 32.2 Å². The molecule has 0 fully saturated rings. The Morgan fingerprint density at radius 1 is 1.22 bits per heavy atom. The summed E-state index contributed by atoms with van der Waals surface area (Å²) in [6.07, 6.45) is 0. The van der Waals surface area contributed by atoms with Crippen molar-refractivity contribution in [2.75, 3.05) is 18.3 Å². The Kier molecular flexibility index (Phi) is 5.54. The van der Waals surface area contributed by atoms with Gasteiger partial charge in [0.15, 0.2) is 9.84 Å². The number of rotatable bonds is 6.